The number of alkyl halides is 3. The molecule has 0 radical (unpaired) electrons. The minimum Gasteiger partial charge on any atom is -0.329 e. The quantitative estimate of drug-likeness (QED) is 0.835. The van der Waals surface area contributed by atoms with Crippen molar-refractivity contribution >= 4 is 0 Å². The lowest BCUT2D eigenvalue weighted by molar-refractivity contribution is -0.188. The van der Waals surface area contributed by atoms with E-state index in [1.54, 1.807) is 0 Å². The summed E-state index contributed by atoms with van der Waals surface area (Å²) in [6.45, 7) is 6.92. The monoisotopic (exact) mass is 294 g/mol. The molecule has 1 saturated carbocycles. The number of halogens is 3. The van der Waals surface area contributed by atoms with Gasteiger partial charge in [-0.1, -0.05) is 13.8 Å². The molecule has 0 heterocycles. The molecule has 1 aliphatic rings. The van der Waals surface area contributed by atoms with Crippen molar-refractivity contribution in [2.45, 2.75) is 70.6 Å². The smallest absolute Gasteiger partial charge is 0.329 e. The summed E-state index contributed by atoms with van der Waals surface area (Å²) in [6.07, 6.45) is -1.50. The molecule has 2 N–H and O–H groups in total. The second-order valence-corrected chi connectivity index (χ2v) is 6.83. The number of hydrogen-bond acceptors (Lipinski definition) is 2. The third-order valence-electron chi connectivity index (χ3n) is 4.98. The first kappa shape index (κ1) is 17.8. The van der Waals surface area contributed by atoms with Gasteiger partial charge in [-0.3, -0.25) is 4.90 Å². The molecular formula is C15H29F3N2. The Hall–Kier alpha value is -0.290. The first-order valence-electron chi connectivity index (χ1n) is 7.62. The summed E-state index contributed by atoms with van der Waals surface area (Å²) >= 11 is 0. The van der Waals surface area contributed by atoms with Crippen molar-refractivity contribution in [3.63, 3.8) is 0 Å². The molecule has 0 aromatic rings. The van der Waals surface area contributed by atoms with Crippen LogP contribution in [-0.4, -0.2) is 36.2 Å². The highest BCUT2D eigenvalue weighted by atomic mass is 19.4. The molecule has 0 bridgehead atoms. The van der Waals surface area contributed by atoms with Gasteiger partial charge in [-0.05, 0) is 52.0 Å². The summed E-state index contributed by atoms with van der Waals surface area (Å²) in [7, 11) is 2.02. The highest BCUT2D eigenvalue weighted by molar-refractivity contribution is 4.97. The van der Waals surface area contributed by atoms with Crippen molar-refractivity contribution in [1.29, 1.82) is 0 Å². The van der Waals surface area contributed by atoms with E-state index in [0.29, 0.717) is 31.3 Å². The maximum Gasteiger partial charge on any atom is 0.391 e. The van der Waals surface area contributed by atoms with Crippen LogP contribution in [0.5, 0.6) is 0 Å². The topological polar surface area (TPSA) is 29.3 Å². The fourth-order valence-corrected chi connectivity index (χ4v) is 3.49. The van der Waals surface area contributed by atoms with Crippen LogP contribution in [0.15, 0.2) is 0 Å². The molecule has 0 aromatic carbocycles. The minimum absolute atomic E-state index is 0.208. The number of nitrogens with zero attached hydrogens (tertiary/aromatic N) is 1. The van der Waals surface area contributed by atoms with Crippen LogP contribution in [0.4, 0.5) is 13.2 Å². The summed E-state index contributed by atoms with van der Waals surface area (Å²) in [5.41, 5.74) is 5.69. The average molecular weight is 294 g/mol. The number of nitrogens with two attached hydrogens (primary N) is 1. The van der Waals surface area contributed by atoms with Gasteiger partial charge >= 0.3 is 6.18 Å². The van der Waals surface area contributed by atoms with E-state index >= 15 is 0 Å². The number of likely N-dealkylation sites (N-methyl/N-ethyl adjacent to an activating group) is 1. The fourth-order valence-electron chi connectivity index (χ4n) is 3.49. The van der Waals surface area contributed by atoms with Crippen LogP contribution in [0.25, 0.3) is 0 Å². The Labute approximate surface area is 120 Å². The predicted molar refractivity (Wildman–Crippen MR) is 76.5 cm³/mol. The summed E-state index contributed by atoms with van der Waals surface area (Å²) in [5.74, 6) is -0.565. The molecule has 5 heteroatoms. The molecule has 0 aliphatic heterocycles. The summed E-state index contributed by atoms with van der Waals surface area (Å²) in [5, 5.41) is 0. The van der Waals surface area contributed by atoms with Gasteiger partial charge in [0, 0.05) is 18.1 Å². The summed E-state index contributed by atoms with van der Waals surface area (Å²) in [4.78, 5) is 2.24. The van der Waals surface area contributed by atoms with Crippen molar-refractivity contribution in [3.8, 4) is 0 Å². The molecular weight excluding hydrogens is 265 g/mol. The lowest BCUT2D eigenvalue weighted by Crippen LogP contribution is -2.57. The first-order valence-corrected chi connectivity index (χ1v) is 7.62. The van der Waals surface area contributed by atoms with Gasteiger partial charge in [0.15, 0.2) is 0 Å². The van der Waals surface area contributed by atoms with Crippen molar-refractivity contribution in [1.82, 2.24) is 4.90 Å². The van der Waals surface area contributed by atoms with Gasteiger partial charge in [0.25, 0.3) is 0 Å². The van der Waals surface area contributed by atoms with Gasteiger partial charge in [-0.2, -0.15) is 13.2 Å². The van der Waals surface area contributed by atoms with E-state index in [1.807, 2.05) is 7.05 Å². The predicted octanol–water partition coefficient (Wildman–Crippen LogP) is 3.80. The third-order valence-corrected chi connectivity index (χ3v) is 4.98. The molecule has 0 amide bonds. The lowest BCUT2D eigenvalue weighted by atomic mass is 9.74. The molecule has 1 aliphatic carbocycles. The molecule has 0 saturated heterocycles. The van der Waals surface area contributed by atoms with Crippen LogP contribution < -0.4 is 5.73 Å². The van der Waals surface area contributed by atoms with E-state index in [2.05, 4.69) is 25.7 Å². The van der Waals surface area contributed by atoms with E-state index < -0.39 is 12.1 Å². The van der Waals surface area contributed by atoms with Crippen LogP contribution in [0.2, 0.25) is 0 Å². The molecule has 20 heavy (non-hydrogen) atoms. The molecule has 2 nitrogen and oxygen atoms in total. The molecule has 1 unspecified atom stereocenters. The largest absolute Gasteiger partial charge is 0.391 e. The zero-order valence-electron chi connectivity index (χ0n) is 13.1. The van der Waals surface area contributed by atoms with E-state index in [9.17, 15) is 13.2 Å². The van der Waals surface area contributed by atoms with Crippen molar-refractivity contribution in [2.75, 3.05) is 13.6 Å². The molecule has 1 rings (SSSR count). The molecule has 1 atom stereocenters. The first-order chi connectivity index (χ1) is 9.12. The molecule has 0 aromatic heterocycles. The lowest BCUT2D eigenvalue weighted by Gasteiger charge is -2.49. The normalized spacial score (nSPS) is 30.0. The van der Waals surface area contributed by atoms with E-state index in [4.69, 9.17) is 5.73 Å². The zero-order valence-corrected chi connectivity index (χ0v) is 13.1. The fraction of sp³-hybridized carbons (Fsp3) is 1.00. The maximum atomic E-state index is 12.8. The van der Waals surface area contributed by atoms with Crippen LogP contribution in [0.3, 0.4) is 0 Å². The SMILES string of the molecule is CC(C)CC(C)N(C)C1(CN)CCC(C(F)(F)F)CC1. The van der Waals surface area contributed by atoms with Gasteiger partial charge in [0.2, 0.25) is 0 Å². The molecule has 0 spiro atoms. The Morgan fingerprint density at radius 1 is 1.20 bits per heavy atom. The van der Waals surface area contributed by atoms with Gasteiger partial charge in [0.1, 0.15) is 0 Å². The van der Waals surface area contributed by atoms with Crippen LogP contribution in [0.1, 0.15) is 52.9 Å². The van der Waals surface area contributed by atoms with Gasteiger partial charge < -0.3 is 5.73 Å². The third kappa shape index (κ3) is 4.10. The van der Waals surface area contributed by atoms with Crippen molar-refractivity contribution in [2.24, 2.45) is 17.6 Å². The summed E-state index contributed by atoms with van der Waals surface area (Å²) in [6, 6.07) is 0.348. The van der Waals surface area contributed by atoms with Crippen LogP contribution in [-0.2, 0) is 0 Å². The Morgan fingerprint density at radius 3 is 2.05 bits per heavy atom. The molecule has 120 valence electrons. The average Bonchev–Trinajstić information content (AvgIpc) is 2.36. The van der Waals surface area contributed by atoms with Crippen LogP contribution in [0, 0.1) is 11.8 Å². The second kappa shape index (κ2) is 6.65. The minimum atomic E-state index is -4.05. The summed E-state index contributed by atoms with van der Waals surface area (Å²) < 4.78 is 38.4. The highest BCUT2D eigenvalue weighted by Crippen LogP contribution is 2.43. The number of rotatable bonds is 5. The van der Waals surface area contributed by atoms with Gasteiger partial charge in [-0.15, -0.1) is 0 Å². The Kier molecular flexibility index (Phi) is 5.90. The van der Waals surface area contributed by atoms with E-state index in [-0.39, 0.29) is 18.4 Å². The Bertz CT molecular complexity index is 294. The Balaban J connectivity index is 2.71. The standard InChI is InChI=1S/C15H29F3N2/c1-11(2)9-12(3)20(4)14(10-19)7-5-13(6-8-14)15(16,17)18/h11-13H,5-10,19H2,1-4H3. The molecule has 1 fully saturated rings. The van der Waals surface area contributed by atoms with Crippen molar-refractivity contribution < 1.29 is 13.2 Å². The van der Waals surface area contributed by atoms with Crippen LogP contribution >= 0.6 is 0 Å². The van der Waals surface area contributed by atoms with E-state index in [0.717, 1.165) is 6.42 Å². The van der Waals surface area contributed by atoms with Gasteiger partial charge in [0.05, 0.1) is 5.92 Å². The zero-order chi connectivity index (χ0) is 15.6. The van der Waals surface area contributed by atoms with Gasteiger partial charge in [-0.25, -0.2) is 0 Å². The highest BCUT2D eigenvalue weighted by Gasteiger charge is 2.47. The maximum absolute atomic E-state index is 12.8. The Morgan fingerprint density at radius 2 is 1.70 bits per heavy atom. The second-order valence-electron chi connectivity index (χ2n) is 6.83. The number of hydrogen-bond donors (Lipinski definition) is 1. The van der Waals surface area contributed by atoms with Crippen molar-refractivity contribution in [3.05, 3.63) is 0 Å². The van der Waals surface area contributed by atoms with E-state index in [1.165, 1.54) is 0 Å².